The van der Waals surface area contributed by atoms with Crippen LogP contribution in [0.5, 0.6) is 0 Å². The van der Waals surface area contributed by atoms with E-state index >= 15 is 0 Å². The highest BCUT2D eigenvalue weighted by atomic mass is 16.4. The van der Waals surface area contributed by atoms with Crippen molar-refractivity contribution in [1.29, 1.82) is 0 Å². The number of para-hydroxylation sites is 1. The molecule has 1 spiro atoms. The molecule has 3 rings (SSSR count). The van der Waals surface area contributed by atoms with Crippen LogP contribution in [0, 0.1) is 5.41 Å². The molecule has 2 heterocycles. The summed E-state index contributed by atoms with van der Waals surface area (Å²) in [6, 6.07) is 7.26. The summed E-state index contributed by atoms with van der Waals surface area (Å²) in [4.78, 5) is 25.0. The Kier molecular flexibility index (Phi) is 2.78. The Labute approximate surface area is 111 Å². The number of piperidine rings is 1. The van der Waals surface area contributed by atoms with Gasteiger partial charge in [-0.05, 0) is 37.4 Å². The van der Waals surface area contributed by atoms with E-state index in [0.717, 1.165) is 29.8 Å². The lowest BCUT2D eigenvalue weighted by atomic mass is 9.72. The summed E-state index contributed by atoms with van der Waals surface area (Å²) in [5, 5.41) is 12.6. The Bertz CT molecular complexity index is 535. The molecule has 0 aromatic heterocycles. The number of carbonyl (C=O) groups excluding carboxylic acids is 1. The third-order valence-corrected chi connectivity index (χ3v) is 4.08. The number of carboxylic acid groups (broad SMARTS) is 1. The topological polar surface area (TPSA) is 69.6 Å². The van der Waals surface area contributed by atoms with E-state index in [1.807, 2.05) is 12.1 Å². The van der Waals surface area contributed by atoms with Crippen LogP contribution in [-0.4, -0.2) is 30.2 Å². The van der Waals surface area contributed by atoms with E-state index in [1.165, 1.54) is 0 Å². The maximum Gasteiger partial charge on any atom is 0.418 e. The molecule has 5 heteroatoms. The Morgan fingerprint density at radius 1 is 1.37 bits per heavy atom. The lowest BCUT2D eigenvalue weighted by Crippen LogP contribution is -2.57. The van der Waals surface area contributed by atoms with Gasteiger partial charge in [-0.1, -0.05) is 18.2 Å². The molecule has 19 heavy (non-hydrogen) atoms. The quantitative estimate of drug-likeness (QED) is 0.743. The summed E-state index contributed by atoms with van der Waals surface area (Å²) < 4.78 is 0. The van der Waals surface area contributed by atoms with E-state index in [4.69, 9.17) is 0 Å². The van der Waals surface area contributed by atoms with E-state index in [1.54, 1.807) is 12.1 Å². The molecule has 0 bridgehead atoms. The number of amides is 2. The van der Waals surface area contributed by atoms with Crippen LogP contribution in [0.2, 0.25) is 0 Å². The summed E-state index contributed by atoms with van der Waals surface area (Å²) in [5.74, 6) is -0.286. The number of carbonyl (C=O) groups is 2. The molecule has 0 saturated carbocycles. The first-order chi connectivity index (χ1) is 9.14. The predicted molar refractivity (Wildman–Crippen MR) is 70.2 cm³/mol. The van der Waals surface area contributed by atoms with Gasteiger partial charge < -0.3 is 10.4 Å². The smallest absolute Gasteiger partial charge is 0.418 e. The zero-order valence-electron chi connectivity index (χ0n) is 10.6. The number of fused-ring (bicyclic) bond motifs is 1. The van der Waals surface area contributed by atoms with Crippen LogP contribution in [0.25, 0.3) is 0 Å². The fraction of sp³-hybridized carbons (Fsp3) is 0.429. The summed E-state index contributed by atoms with van der Waals surface area (Å²) in [6.07, 6.45) is 1.08. The highest BCUT2D eigenvalue weighted by Crippen LogP contribution is 2.41. The van der Waals surface area contributed by atoms with Gasteiger partial charge in [-0.25, -0.2) is 9.69 Å². The van der Waals surface area contributed by atoms with Gasteiger partial charge in [0.2, 0.25) is 5.91 Å². The Balaban J connectivity index is 2.09. The third kappa shape index (κ3) is 1.81. The molecular formula is C14H16N2O3. The molecule has 2 aliphatic rings. The zero-order chi connectivity index (χ0) is 13.5. The normalized spacial score (nSPS) is 26.3. The van der Waals surface area contributed by atoms with Crippen LogP contribution in [0.4, 0.5) is 10.5 Å². The monoisotopic (exact) mass is 260 g/mol. The van der Waals surface area contributed by atoms with Crippen molar-refractivity contribution in [3.8, 4) is 0 Å². The molecule has 1 aromatic carbocycles. The van der Waals surface area contributed by atoms with Gasteiger partial charge in [-0.3, -0.25) is 4.79 Å². The van der Waals surface area contributed by atoms with Crippen LogP contribution < -0.4 is 10.2 Å². The van der Waals surface area contributed by atoms with E-state index in [2.05, 4.69) is 5.32 Å². The Hall–Kier alpha value is -1.88. The number of hydrogen-bond donors (Lipinski definition) is 2. The van der Waals surface area contributed by atoms with Crippen molar-refractivity contribution in [3.63, 3.8) is 0 Å². The van der Waals surface area contributed by atoms with Crippen molar-refractivity contribution in [2.45, 2.75) is 19.3 Å². The molecule has 2 aliphatic heterocycles. The molecular weight excluding hydrogens is 244 g/mol. The Morgan fingerprint density at radius 2 is 2.16 bits per heavy atom. The first kappa shape index (κ1) is 12.2. The van der Waals surface area contributed by atoms with E-state index in [-0.39, 0.29) is 5.91 Å². The number of imide groups is 1. The molecule has 0 radical (unpaired) electrons. The van der Waals surface area contributed by atoms with Crippen molar-refractivity contribution in [2.75, 3.05) is 18.0 Å². The second-order valence-electron chi connectivity index (χ2n) is 5.29. The van der Waals surface area contributed by atoms with Crippen molar-refractivity contribution in [3.05, 3.63) is 29.8 Å². The van der Waals surface area contributed by atoms with Gasteiger partial charge in [0.1, 0.15) is 0 Å². The summed E-state index contributed by atoms with van der Waals surface area (Å²) in [5.41, 5.74) is 0.856. The molecule has 1 aromatic rings. The molecule has 1 saturated heterocycles. The van der Waals surface area contributed by atoms with Crippen molar-refractivity contribution >= 4 is 17.7 Å². The number of nitrogens with zero attached hydrogens (tertiary/aromatic N) is 1. The van der Waals surface area contributed by atoms with Crippen molar-refractivity contribution < 1.29 is 14.7 Å². The second kappa shape index (κ2) is 4.35. The molecule has 0 aliphatic carbocycles. The molecule has 5 nitrogen and oxygen atoms in total. The minimum atomic E-state index is -1.19. The first-order valence-electron chi connectivity index (χ1n) is 6.50. The fourth-order valence-electron chi connectivity index (χ4n) is 3.16. The van der Waals surface area contributed by atoms with Gasteiger partial charge in [0, 0.05) is 6.54 Å². The van der Waals surface area contributed by atoms with Crippen LogP contribution in [-0.2, 0) is 11.2 Å². The summed E-state index contributed by atoms with van der Waals surface area (Å²) >= 11 is 0. The largest absolute Gasteiger partial charge is 0.464 e. The molecule has 1 unspecified atom stereocenters. The van der Waals surface area contributed by atoms with Gasteiger partial charge in [0.25, 0.3) is 0 Å². The van der Waals surface area contributed by atoms with Gasteiger partial charge in [-0.2, -0.15) is 0 Å². The number of hydrogen-bond acceptors (Lipinski definition) is 3. The van der Waals surface area contributed by atoms with Gasteiger partial charge in [0.15, 0.2) is 0 Å². The van der Waals surface area contributed by atoms with E-state index < -0.39 is 11.5 Å². The van der Waals surface area contributed by atoms with E-state index in [9.17, 15) is 14.7 Å². The molecule has 100 valence electrons. The zero-order valence-corrected chi connectivity index (χ0v) is 10.6. The average molecular weight is 260 g/mol. The predicted octanol–water partition coefficient (Wildman–Crippen LogP) is 1.62. The van der Waals surface area contributed by atoms with E-state index in [0.29, 0.717) is 18.7 Å². The third-order valence-electron chi connectivity index (χ3n) is 4.08. The minimum Gasteiger partial charge on any atom is -0.464 e. The van der Waals surface area contributed by atoms with Gasteiger partial charge in [0.05, 0.1) is 11.1 Å². The lowest BCUT2D eigenvalue weighted by molar-refractivity contribution is -0.129. The second-order valence-corrected chi connectivity index (χ2v) is 5.29. The fourth-order valence-corrected chi connectivity index (χ4v) is 3.16. The van der Waals surface area contributed by atoms with Gasteiger partial charge in [-0.15, -0.1) is 0 Å². The van der Waals surface area contributed by atoms with Crippen LogP contribution in [0.1, 0.15) is 18.4 Å². The number of rotatable bonds is 0. The average Bonchev–Trinajstić information content (AvgIpc) is 2.41. The minimum absolute atomic E-state index is 0.286. The van der Waals surface area contributed by atoms with Crippen molar-refractivity contribution in [2.24, 2.45) is 5.41 Å². The lowest BCUT2D eigenvalue weighted by Gasteiger charge is -2.43. The number of nitrogens with one attached hydrogen (secondary N) is 1. The van der Waals surface area contributed by atoms with Crippen LogP contribution >= 0.6 is 0 Å². The summed E-state index contributed by atoms with van der Waals surface area (Å²) in [7, 11) is 0. The molecule has 2 N–H and O–H groups in total. The van der Waals surface area contributed by atoms with Crippen LogP contribution in [0.15, 0.2) is 24.3 Å². The molecule has 1 atom stereocenters. The maximum absolute atomic E-state index is 12.6. The summed E-state index contributed by atoms with van der Waals surface area (Å²) in [6.45, 7) is 1.45. The molecule has 1 fully saturated rings. The molecule has 2 amide bonds. The highest BCUT2D eigenvalue weighted by molar-refractivity contribution is 6.15. The van der Waals surface area contributed by atoms with Gasteiger partial charge >= 0.3 is 6.09 Å². The van der Waals surface area contributed by atoms with Crippen LogP contribution in [0.3, 0.4) is 0 Å². The first-order valence-corrected chi connectivity index (χ1v) is 6.50. The number of anilines is 1. The standard InChI is InChI=1S/C14H16N2O3/c17-12-14(6-3-7-15-9-14)8-10-4-1-2-5-11(10)16(12)13(18)19/h1-2,4-5,15H,3,6-9H2,(H,18,19). The highest BCUT2D eigenvalue weighted by Gasteiger charge is 2.48. The maximum atomic E-state index is 12.6. The van der Waals surface area contributed by atoms with Crippen molar-refractivity contribution in [1.82, 2.24) is 5.32 Å². The number of benzene rings is 1. The Morgan fingerprint density at radius 3 is 2.84 bits per heavy atom. The SMILES string of the molecule is O=C(O)N1C(=O)C2(CCCNC2)Cc2ccccc21.